The average Bonchev–Trinajstić information content (AvgIpc) is 4.16. The number of methoxy groups -OCH3 is 2. The Morgan fingerprint density at radius 1 is 0.716 bits per heavy atom. The van der Waals surface area contributed by atoms with Crippen LogP contribution in [0.15, 0.2) is 54.6 Å². The first kappa shape index (κ1) is 76.2. The molecule has 1 unspecified atom stereocenters. The summed E-state index contributed by atoms with van der Waals surface area (Å²) < 4.78 is 29.9. The molecule has 0 aromatic heterocycles. The molecular formula is C65H107N9O13S. The highest BCUT2D eigenvalue weighted by Crippen LogP contribution is 2.30. The van der Waals surface area contributed by atoms with Gasteiger partial charge in [0.25, 0.3) is 0 Å². The Morgan fingerprint density at radius 2 is 1.31 bits per heavy atom. The number of nitrogens with one attached hydrogen (secondary N) is 6. The van der Waals surface area contributed by atoms with Crippen molar-refractivity contribution >= 4 is 63.9 Å². The maximum atomic E-state index is 14.8. The van der Waals surface area contributed by atoms with Gasteiger partial charge in [0.2, 0.25) is 41.4 Å². The number of aliphatic hydroxyl groups excluding tert-OH is 1. The van der Waals surface area contributed by atoms with Crippen LogP contribution in [0.4, 0.5) is 10.5 Å². The minimum atomic E-state index is -1.27. The van der Waals surface area contributed by atoms with Crippen LogP contribution in [0, 0.1) is 35.5 Å². The van der Waals surface area contributed by atoms with E-state index in [1.165, 1.54) is 32.4 Å². The fourth-order valence-electron chi connectivity index (χ4n) is 11.5. The van der Waals surface area contributed by atoms with E-state index in [2.05, 4.69) is 31.9 Å². The van der Waals surface area contributed by atoms with Gasteiger partial charge in [0.15, 0.2) is 0 Å². The number of rotatable bonds is 36. The number of hydrogen-bond acceptors (Lipinski definition) is 14. The zero-order chi connectivity index (χ0) is 66.3. The molecule has 1 fully saturated rings. The summed E-state index contributed by atoms with van der Waals surface area (Å²) in [6.45, 7) is 22.7. The van der Waals surface area contributed by atoms with Crippen LogP contribution in [0.25, 0.3) is 0 Å². The van der Waals surface area contributed by atoms with Gasteiger partial charge in [0, 0.05) is 63.4 Å². The van der Waals surface area contributed by atoms with Crippen molar-refractivity contribution in [2.75, 3.05) is 59.2 Å². The summed E-state index contributed by atoms with van der Waals surface area (Å²) in [5, 5.41) is 28.3. The summed E-state index contributed by atoms with van der Waals surface area (Å²) in [7, 11) is 6.54. The number of carbonyl (C=O) groups excluding carboxylic acids is 8. The van der Waals surface area contributed by atoms with Crippen molar-refractivity contribution in [3.05, 3.63) is 65.7 Å². The number of aliphatic hydroxyl groups is 1. The fraction of sp³-hybridized carbons (Fsp3) is 0.692. The minimum absolute atomic E-state index is 0.0373. The second kappa shape index (κ2) is 37.2. The Balaban J connectivity index is 1.71. The highest BCUT2D eigenvalue weighted by molar-refractivity contribution is 7.84. The first-order chi connectivity index (χ1) is 41.4. The number of anilines is 1. The number of likely N-dealkylation sites (tertiary alicyclic amines) is 1. The fourth-order valence-corrected chi connectivity index (χ4v) is 12.0. The van der Waals surface area contributed by atoms with E-state index in [9.17, 15) is 47.7 Å². The van der Waals surface area contributed by atoms with E-state index < -0.39 is 125 Å². The largest absolute Gasteiger partial charge is 0.445 e. The Hall–Kier alpha value is -6.01. The predicted octanol–water partition coefficient (Wildman–Crippen LogP) is 5.94. The molecule has 22 nitrogen and oxygen atoms in total. The smallest absolute Gasteiger partial charge is 0.410 e. The van der Waals surface area contributed by atoms with E-state index in [1.54, 1.807) is 88.0 Å². The van der Waals surface area contributed by atoms with Gasteiger partial charge in [-0.25, -0.2) is 4.79 Å². The van der Waals surface area contributed by atoms with Gasteiger partial charge in [-0.3, -0.25) is 42.7 Å². The lowest BCUT2D eigenvalue weighted by atomic mass is 9.89. The predicted molar refractivity (Wildman–Crippen MR) is 343 cm³/mol. The molecule has 1 aliphatic rings. The highest BCUT2D eigenvalue weighted by atomic mass is 32.2. The third-order valence-electron chi connectivity index (χ3n) is 16.7. The van der Waals surface area contributed by atoms with Gasteiger partial charge in [-0.2, -0.15) is 0 Å². The molecule has 1 aliphatic heterocycles. The zero-order valence-corrected chi connectivity index (χ0v) is 56.5. The molecular weight excluding hydrogens is 1150 g/mol. The second-order valence-electron chi connectivity index (χ2n) is 25.3. The third-order valence-corrected chi connectivity index (χ3v) is 17.5. The summed E-state index contributed by atoms with van der Waals surface area (Å²) in [6.07, 6.45) is 1.16. The van der Waals surface area contributed by atoms with Crippen LogP contribution in [0.1, 0.15) is 145 Å². The topological polar surface area (TPSA) is 283 Å². The lowest BCUT2D eigenvalue weighted by Crippen LogP contribution is -2.60. The van der Waals surface area contributed by atoms with E-state index in [0.717, 1.165) is 0 Å². The molecule has 3 rings (SSSR count). The van der Waals surface area contributed by atoms with Crippen LogP contribution < -0.4 is 31.9 Å². The Kier molecular flexibility index (Phi) is 32.2. The second-order valence-corrected chi connectivity index (χ2v) is 26.9. The van der Waals surface area contributed by atoms with Crippen LogP contribution in [-0.4, -0.2) is 186 Å². The van der Waals surface area contributed by atoms with Crippen LogP contribution in [0.3, 0.4) is 0 Å². The SMILES string of the molecule is CC[C@H](C)[C@@H]([C@@H](CC(=O)N1CCC[C@H]1[C@H](OC)[C@@H](C)C(=O)N[C@H](C)[C@@H](O)c1ccccc1)OC)N(C)C(=O)[C@@H](NC(=O)[C@H](C(C)C)N(C)C(=O)OCc1ccc(NC(=O)[C@H](CCS(C)=O)NC(=O)[C@H](CC(C)C)NC(=O)[C@@H](CC(C)C)NC)cc1)C(C)C. The molecule has 2 aromatic rings. The molecule has 2 aromatic carbocycles. The number of carbonyl (C=O) groups is 8. The van der Waals surface area contributed by atoms with Crippen molar-refractivity contribution in [2.45, 2.75) is 201 Å². The molecule has 496 valence electrons. The molecule has 0 saturated carbocycles. The standard InChI is InChI=1S/C65H107N9O13S/c1-19-42(10)56(52(85-16)36-53(75)74-32-23-26-51(74)58(86-17)43(11)59(77)67-44(12)57(76)46-24-21-20-22-25-46)72(14)64(82)54(40(6)7)71-63(81)55(41(8)9)73(15)65(83)87-37-45-27-29-47(30-28-45)68-60(78)48(31-33-88(18)84)69-62(80)50(35-39(4)5)70-61(79)49(66-13)34-38(2)3/h20-22,24-25,27-30,38-44,48-52,54-58,66,76H,19,23,26,31-37H2,1-18H3,(H,67,77)(H,68,78)(H,69,80)(H,70,79)(H,71,81)/t42-,43+,44+,48-,49+,50-,51-,52+,54-,55-,56-,57+,58+,88?/m0/s1. The lowest BCUT2D eigenvalue weighted by molar-refractivity contribution is -0.148. The first-order valence-electron chi connectivity index (χ1n) is 31.3. The number of likely N-dealkylation sites (N-methyl/N-ethyl adjacent to an activating group) is 3. The normalized spacial score (nSPS) is 17.9. The van der Waals surface area contributed by atoms with Gasteiger partial charge < -0.3 is 61.0 Å². The molecule has 0 radical (unpaired) electrons. The molecule has 8 amide bonds. The van der Waals surface area contributed by atoms with E-state index in [1.807, 2.05) is 73.6 Å². The molecule has 23 heteroatoms. The molecule has 0 bridgehead atoms. The molecule has 88 heavy (non-hydrogen) atoms. The van der Waals surface area contributed by atoms with Gasteiger partial charge in [0.05, 0.1) is 54.8 Å². The Labute approximate surface area is 526 Å². The maximum Gasteiger partial charge on any atom is 0.410 e. The Bertz CT molecular complexity index is 2580. The van der Waals surface area contributed by atoms with Crippen molar-refractivity contribution in [1.29, 1.82) is 0 Å². The number of nitrogens with zero attached hydrogens (tertiary/aromatic N) is 3. The summed E-state index contributed by atoms with van der Waals surface area (Å²) in [5.74, 6) is -4.21. The van der Waals surface area contributed by atoms with Gasteiger partial charge in [-0.1, -0.05) is 125 Å². The highest BCUT2D eigenvalue weighted by Gasteiger charge is 2.44. The lowest BCUT2D eigenvalue weighted by Gasteiger charge is -2.41. The number of amides is 8. The Morgan fingerprint density at radius 3 is 1.84 bits per heavy atom. The summed E-state index contributed by atoms with van der Waals surface area (Å²) in [6, 6.07) is 9.33. The third kappa shape index (κ3) is 22.8. The van der Waals surface area contributed by atoms with Gasteiger partial charge >= 0.3 is 6.09 Å². The van der Waals surface area contributed by atoms with E-state index in [-0.39, 0.29) is 60.7 Å². The molecule has 0 aliphatic carbocycles. The molecule has 0 spiro atoms. The monoisotopic (exact) mass is 1250 g/mol. The maximum absolute atomic E-state index is 14.8. The summed E-state index contributed by atoms with van der Waals surface area (Å²) in [5.41, 5.74) is 1.61. The first-order valence-corrected chi connectivity index (χ1v) is 33.0. The number of ether oxygens (including phenoxy) is 3. The molecule has 7 N–H and O–H groups in total. The van der Waals surface area contributed by atoms with Gasteiger partial charge in [-0.15, -0.1) is 0 Å². The van der Waals surface area contributed by atoms with Crippen molar-refractivity contribution in [1.82, 2.24) is 41.3 Å². The van der Waals surface area contributed by atoms with E-state index in [0.29, 0.717) is 55.5 Å². The van der Waals surface area contributed by atoms with Gasteiger partial charge in [-0.05, 0) is 98.9 Å². The van der Waals surface area contributed by atoms with Crippen LogP contribution in [-0.2, 0) is 65.2 Å². The minimum Gasteiger partial charge on any atom is -0.445 e. The van der Waals surface area contributed by atoms with E-state index >= 15 is 0 Å². The van der Waals surface area contributed by atoms with Crippen molar-refractivity contribution < 1.29 is 61.9 Å². The quantitative estimate of drug-likeness (QED) is 0.0416. The van der Waals surface area contributed by atoms with Crippen LogP contribution in [0.2, 0.25) is 0 Å². The van der Waals surface area contributed by atoms with Crippen molar-refractivity contribution in [3.8, 4) is 0 Å². The molecule has 1 saturated heterocycles. The van der Waals surface area contributed by atoms with Crippen molar-refractivity contribution in [3.63, 3.8) is 0 Å². The average molecular weight is 1250 g/mol. The molecule has 1 heterocycles. The summed E-state index contributed by atoms with van der Waals surface area (Å²) >= 11 is 0. The number of hydrogen-bond donors (Lipinski definition) is 7. The van der Waals surface area contributed by atoms with Crippen LogP contribution >= 0.6 is 0 Å². The van der Waals surface area contributed by atoms with Crippen molar-refractivity contribution in [2.24, 2.45) is 35.5 Å². The van der Waals surface area contributed by atoms with Gasteiger partial charge in [0.1, 0.15) is 30.8 Å². The zero-order valence-electron chi connectivity index (χ0n) is 55.7. The summed E-state index contributed by atoms with van der Waals surface area (Å²) in [4.78, 5) is 116. The van der Waals surface area contributed by atoms with Crippen LogP contribution in [0.5, 0.6) is 0 Å². The van der Waals surface area contributed by atoms with E-state index in [4.69, 9.17) is 14.2 Å². The number of benzene rings is 2. The molecule has 14 atom stereocenters.